The molecule has 1 aliphatic rings. The maximum Gasteiger partial charge on any atom is 0.254 e. The number of hydrogen-bond donors (Lipinski definition) is 2. The highest BCUT2D eigenvalue weighted by atomic mass is 35.5. The predicted molar refractivity (Wildman–Crippen MR) is 72.2 cm³/mol. The molecule has 0 heterocycles. The minimum absolute atomic E-state index is 0.0910. The van der Waals surface area contributed by atoms with Crippen LogP contribution < -0.4 is 5.32 Å². The van der Waals surface area contributed by atoms with Crippen molar-refractivity contribution >= 4 is 29.1 Å². The summed E-state index contributed by atoms with van der Waals surface area (Å²) in [4.78, 5) is 12.1. The second-order valence-corrected chi connectivity index (χ2v) is 5.39. The molecule has 0 spiro atoms. The van der Waals surface area contributed by atoms with Crippen molar-refractivity contribution in [3.8, 4) is 0 Å². The average Bonchev–Trinajstić information content (AvgIpc) is 2.32. The fourth-order valence-electron chi connectivity index (χ4n) is 2.19. The van der Waals surface area contributed by atoms with E-state index in [9.17, 15) is 9.90 Å². The minimum atomic E-state index is -0.244. The third-order valence-electron chi connectivity index (χ3n) is 3.22. The summed E-state index contributed by atoms with van der Waals surface area (Å²) in [6, 6.07) is 5.09. The highest BCUT2D eigenvalue weighted by molar-refractivity contribution is 6.39. The van der Waals surface area contributed by atoms with E-state index in [4.69, 9.17) is 23.2 Å². The molecule has 3 nitrogen and oxygen atoms in total. The smallest absolute Gasteiger partial charge is 0.254 e. The Labute approximate surface area is 116 Å². The fraction of sp³-hybridized carbons (Fsp3) is 0.462. The van der Waals surface area contributed by atoms with Crippen LogP contribution in [0.15, 0.2) is 18.2 Å². The van der Waals surface area contributed by atoms with Crippen molar-refractivity contribution < 1.29 is 9.90 Å². The molecule has 0 bridgehead atoms. The van der Waals surface area contributed by atoms with E-state index in [1.54, 1.807) is 18.2 Å². The predicted octanol–water partition coefficient (Wildman–Crippen LogP) is 3.03. The van der Waals surface area contributed by atoms with E-state index in [0.29, 0.717) is 15.6 Å². The molecule has 0 radical (unpaired) electrons. The number of aliphatic hydroxyl groups excluding tert-OH is 1. The van der Waals surface area contributed by atoms with E-state index in [-0.39, 0.29) is 18.1 Å². The molecule has 2 N–H and O–H groups in total. The lowest BCUT2D eigenvalue weighted by molar-refractivity contribution is 0.0868. The summed E-state index contributed by atoms with van der Waals surface area (Å²) in [6.45, 7) is 0. The molecule has 1 saturated carbocycles. The first kappa shape index (κ1) is 13.7. The maximum absolute atomic E-state index is 12.1. The number of rotatable bonds is 2. The summed E-state index contributed by atoms with van der Waals surface area (Å²) in [5.41, 5.74) is 0.326. The number of amides is 1. The largest absolute Gasteiger partial charge is 0.393 e. The molecule has 0 aliphatic heterocycles. The first-order valence-electron chi connectivity index (χ1n) is 6.01. The standard InChI is InChI=1S/C13H15Cl2NO2/c14-10-2-1-3-11(15)12(10)13(18)16-8-4-6-9(17)7-5-8/h1-3,8-9,17H,4-7H2,(H,16,18). The molecular weight excluding hydrogens is 273 g/mol. The molecule has 1 amide bonds. The number of carbonyl (C=O) groups is 1. The van der Waals surface area contributed by atoms with Gasteiger partial charge in [0.15, 0.2) is 0 Å². The zero-order chi connectivity index (χ0) is 13.1. The molecule has 98 valence electrons. The van der Waals surface area contributed by atoms with Crippen molar-refractivity contribution in [2.24, 2.45) is 0 Å². The number of carbonyl (C=O) groups excluding carboxylic acids is 1. The molecule has 1 aromatic carbocycles. The molecule has 1 aliphatic carbocycles. The summed E-state index contributed by atoms with van der Waals surface area (Å²) >= 11 is 12.0. The highest BCUT2D eigenvalue weighted by Crippen LogP contribution is 2.25. The van der Waals surface area contributed by atoms with Gasteiger partial charge in [0.05, 0.1) is 21.7 Å². The van der Waals surface area contributed by atoms with Crippen LogP contribution in [-0.4, -0.2) is 23.2 Å². The second-order valence-electron chi connectivity index (χ2n) is 4.58. The monoisotopic (exact) mass is 287 g/mol. The first-order valence-corrected chi connectivity index (χ1v) is 6.76. The van der Waals surface area contributed by atoms with Gasteiger partial charge in [-0.1, -0.05) is 29.3 Å². The second kappa shape index (κ2) is 5.91. The third kappa shape index (κ3) is 3.16. The van der Waals surface area contributed by atoms with Crippen molar-refractivity contribution in [3.63, 3.8) is 0 Å². The average molecular weight is 288 g/mol. The van der Waals surface area contributed by atoms with Crippen LogP contribution >= 0.6 is 23.2 Å². The number of nitrogens with one attached hydrogen (secondary N) is 1. The zero-order valence-corrected chi connectivity index (χ0v) is 11.3. The van der Waals surface area contributed by atoms with Crippen LogP contribution in [0.25, 0.3) is 0 Å². The van der Waals surface area contributed by atoms with Crippen LogP contribution in [0.4, 0.5) is 0 Å². The van der Waals surface area contributed by atoms with E-state index in [2.05, 4.69) is 5.32 Å². The van der Waals surface area contributed by atoms with Gasteiger partial charge in [0.25, 0.3) is 5.91 Å². The molecule has 2 rings (SSSR count). The Balaban J connectivity index is 2.04. The SMILES string of the molecule is O=C(NC1CCC(O)CC1)c1c(Cl)cccc1Cl. The van der Waals surface area contributed by atoms with Gasteiger partial charge in [0.1, 0.15) is 0 Å². The summed E-state index contributed by atoms with van der Waals surface area (Å²) in [7, 11) is 0. The van der Waals surface area contributed by atoms with Gasteiger partial charge in [-0.05, 0) is 37.8 Å². The van der Waals surface area contributed by atoms with Crippen molar-refractivity contribution in [1.82, 2.24) is 5.32 Å². The molecule has 5 heteroatoms. The maximum atomic E-state index is 12.1. The fourth-order valence-corrected chi connectivity index (χ4v) is 2.76. The summed E-state index contributed by atoms with van der Waals surface area (Å²) in [5.74, 6) is -0.244. The quantitative estimate of drug-likeness (QED) is 0.878. The van der Waals surface area contributed by atoms with Gasteiger partial charge < -0.3 is 10.4 Å². The van der Waals surface area contributed by atoms with E-state index in [1.165, 1.54) is 0 Å². The van der Waals surface area contributed by atoms with Gasteiger partial charge in [-0.15, -0.1) is 0 Å². The van der Waals surface area contributed by atoms with Crippen LogP contribution in [0.5, 0.6) is 0 Å². The van der Waals surface area contributed by atoms with Gasteiger partial charge in [-0.25, -0.2) is 0 Å². The first-order chi connectivity index (χ1) is 8.58. The Morgan fingerprint density at radius 1 is 1.17 bits per heavy atom. The number of hydrogen-bond acceptors (Lipinski definition) is 2. The molecular formula is C13H15Cl2NO2. The Morgan fingerprint density at radius 2 is 1.72 bits per heavy atom. The van der Waals surface area contributed by atoms with Gasteiger partial charge >= 0.3 is 0 Å². The van der Waals surface area contributed by atoms with Gasteiger partial charge in [0.2, 0.25) is 0 Å². The van der Waals surface area contributed by atoms with Crippen LogP contribution in [0.1, 0.15) is 36.0 Å². The van der Waals surface area contributed by atoms with Gasteiger partial charge in [-0.3, -0.25) is 4.79 Å². The van der Waals surface area contributed by atoms with Crippen LogP contribution in [-0.2, 0) is 0 Å². The molecule has 1 fully saturated rings. The van der Waals surface area contributed by atoms with Gasteiger partial charge in [0, 0.05) is 6.04 Å². The third-order valence-corrected chi connectivity index (χ3v) is 3.85. The Kier molecular flexibility index (Phi) is 4.49. The molecule has 0 unspecified atom stereocenters. The molecule has 1 aromatic rings. The Morgan fingerprint density at radius 3 is 2.28 bits per heavy atom. The zero-order valence-electron chi connectivity index (χ0n) is 9.83. The minimum Gasteiger partial charge on any atom is -0.393 e. The lowest BCUT2D eigenvalue weighted by atomic mass is 9.93. The van der Waals surface area contributed by atoms with Crippen LogP contribution in [0.2, 0.25) is 10.0 Å². The number of aliphatic hydroxyl groups is 1. The Bertz CT molecular complexity index is 422. The summed E-state index contributed by atoms with van der Waals surface area (Å²) in [6.07, 6.45) is 2.79. The summed E-state index contributed by atoms with van der Waals surface area (Å²) < 4.78 is 0. The van der Waals surface area contributed by atoms with Crippen LogP contribution in [0.3, 0.4) is 0 Å². The van der Waals surface area contributed by atoms with Crippen molar-refractivity contribution in [3.05, 3.63) is 33.8 Å². The lowest BCUT2D eigenvalue weighted by Gasteiger charge is -2.26. The highest BCUT2D eigenvalue weighted by Gasteiger charge is 2.23. The normalized spacial score (nSPS) is 23.7. The van der Waals surface area contributed by atoms with E-state index >= 15 is 0 Å². The molecule has 0 aromatic heterocycles. The van der Waals surface area contributed by atoms with E-state index in [1.807, 2.05) is 0 Å². The van der Waals surface area contributed by atoms with E-state index < -0.39 is 0 Å². The van der Waals surface area contributed by atoms with Crippen molar-refractivity contribution in [2.45, 2.75) is 37.8 Å². The summed E-state index contributed by atoms with van der Waals surface area (Å²) in [5, 5.41) is 13.0. The number of halogens is 2. The molecule has 18 heavy (non-hydrogen) atoms. The van der Waals surface area contributed by atoms with Crippen LogP contribution in [0, 0.1) is 0 Å². The van der Waals surface area contributed by atoms with Gasteiger partial charge in [-0.2, -0.15) is 0 Å². The lowest BCUT2D eigenvalue weighted by Crippen LogP contribution is -2.38. The van der Waals surface area contributed by atoms with Crippen molar-refractivity contribution in [1.29, 1.82) is 0 Å². The molecule has 0 atom stereocenters. The van der Waals surface area contributed by atoms with E-state index in [0.717, 1.165) is 25.7 Å². The number of benzene rings is 1. The molecule has 0 saturated heterocycles. The topological polar surface area (TPSA) is 49.3 Å². The van der Waals surface area contributed by atoms with Crippen molar-refractivity contribution in [2.75, 3.05) is 0 Å². The Hall–Kier alpha value is -0.770.